The minimum atomic E-state index is -0.827. The van der Waals surface area contributed by atoms with Gasteiger partial charge >= 0.3 is 5.97 Å². The summed E-state index contributed by atoms with van der Waals surface area (Å²) in [6, 6.07) is -0.372. The van der Waals surface area contributed by atoms with Gasteiger partial charge in [-0.25, -0.2) is 0 Å². The van der Waals surface area contributed by atoms with Crippen LogP contribution in [0.15, 0.2) is 0 Å². The van der Waals surface area contributed by atoms with Crippen LogP contribution in [0, 0.1) is 5.92 Å². The van der Waals surface area contributed by atoms with Crippen LogP contribution < -0.4 is 5.32 Å². The highest BCUT2D eigenvalue weighted by atomic mass is 16.4. The van der Waals surface area contributed by atoms with Crippen molar-refractivity contribution in [3.05, 3.63) is 0 Å². The van der Waals surface area contributed by atoms with E-state index >= 15 is 0 Å². The van der Waals surface area contributed by atoms with Crippen LogP contribution in [0.2, 0.25) is 0 Å². The zero-order valence-corrected chi connectivity index (χ0v) is 10.8. The first-order valence-electron chi connectivity index (χ1n) is 6.18. The van der Waals surface area contributed by atoms with Crippen LogP contribution in [0.3, 0.4) is 0 Å². The first-order chi connectivity index (χ1) is 7.91. The van der Waals surface area contributed by atoms with E-state index in [1.54, 1.807) is 4.90 Å². The number of hydrogen-bond acceptors (Lipinski definition) is 3. The number of carbonyl (C=O) groups excluding carboxylic acids is 1. The summed E-state index contributed by atoms with van der Waals surface area (Å²) >= 11 is 0. The second-order valence-electron chi connectivity index (χ2n) is 5.07. The molecule has 0 aliphatic carbocycles. The molecule has 0 spiro atoms. The molecular formula is C12H22N2O3. The van der Waals surface area contributed by atoms with Crippen molar-refractivity contribution in [3.63, 3.8) is 0 Å². The maximum atomic E-state index is 11.7. The van der Waals surface area contributed by atoms with Crippen molar-refractivity contribution in [1.82, 2.24) is 10.2 Å². The van der Waals surface area contributed by atoms with Crippen molar-refractivity contribution in [2.45, 2.75) is 45.7 Å². The topological polar surface area (TPSA) is 69.6 Å². The zero-order chi connectivity index (χ0) is 13.0. The summed E-state index contributed by atoms with van der Waals surface area (Å²) in [6.45, 7) is 6.93. The predicted molar refractivity (Wildman–Crippen MR) is 64.7 cm³/mol. The average molecular weight is 242 g/mol. The number of hydrogen-bond donors (Lipinski definition) is 2. The number of aliphatic carboxylic acids is 1. The van der Waals surface area contributed by atoms with E-state index in [1.165, 1.54) is 0 Å². The second kappa shape index (κ2) is 6.00. The Morgan fingerprint density at radius 3 is 2.59 bits per heavy atom. The molecule has 1 aliphatic rings. The fourth-order valence-corrected chi connectivity index (χ4v) is 1.95. The highest BCUT2D eigenvalue weighted by molar-refractivity contribution is 5.80. The van der Waals surface area contributed by atoms with Crippen molar-refractivity contribution in [1.29, 1.82) is 0 Å². The molecule has 0 radical (unpaired) electrons. The number of carboxylic acid groups (broad SMARTS) is 1. The third-order valence-corrected chi connectivity index (χ3v) is 3.38. The minimum absolute atomic E-state index is 0.0839. The van der Waals surface area contributed by atoms with E-state index in [9.17, 15) is 9.59 Å². The van der Waals surface area contributed by atoms with Gasteiger partial charge < -0.3 is 10.4 Å². The maximum Gasteiger partial charge on any atom is 0.320 e. The van der Waals surface area contributed by atoms with Crippen LogP contribution in [0.1, 0.15) is 33.6 Å². The number of amides is 1. The van der Waals surface area contributed by atoms with Crippen LogP contribution in [0.5, 0.6) is 0 Å². The molecule has 17 heavy (non-hydrogen) atoms. The van der Waals surface area contributed by atoms with Gasteiger partial charge in [-0.05, 0) is 32.2 Å². The molecule has 2 atom stereocenters. The molecule has 0 aromatic rings. The molecular weight excluding hydrogens is 220 g/mol. The van der Waals surface area contributed by atoms with E-state index in [4.69, 9.17) is 5.11 Å². The Morgan fingerprint density at radius 1 is 1.41 bits per heavy atom. The largest absolute Gasteiger partial charge is 0.480 e. The van der Waals surface area contributed by atoms with Crippen molar-refractivity contribution >= 4 is 11.9 Å². The highest BCUT2D eigenvalue weighted by Gasteiger charge is 2.31. The normalized spacial score (nSPS) is 22.7. The summed E-state index contributed by atoms with van der Waals surface area (Å²) < 4.78 is 0. The average Bonchev–Trinajstić information content (AvgIpc) is 2.65. The molecule has 1 fully saturated rings. The minimum Gasteiger partial charge on any atom is -0.480 e. The van der Waals surface area contributed by atoms with Gasteiger partial charge in [-0.1, -0.05) is 13.8 Å². The molecule has 0 bridgehead atoms. The smallest absolute Gasteiger partial charge is 0.320 e. The monoisotopic (exact) mass is 242 g/mol. The molecule has 0 saturated carbocycles. The van der Waals surface area contributed by atoms with Crippen LogP contribution in [-0.2, 0) is 9.59 Å². The molecule has 1 saturated heterocycles. The summed E-state index contributed by atoms with van der Waals surface area (Å²) in [5, 5.41) is 11.9. The standard InChI is InChI=1S/C12H22N2O3/c1-8(2)9(3)13-11(15)7-14-6-4-5-10(14)12(16)17/h8-10H,4-7H2,1-3H3,(H,13,15)(H,16,17)/t9?,10-/m0/s1. The van der Waals surface area contributed by atoms with Crippen molar-refractivity contribution < 1.29 is 14.7 Å². The third kappa shape index (κ3) is 4.00. The van der Waals surface area contributed by atoms with Crippen molar-refractivity contribution in [3.8, 4) is 0 Å². The van der Waals surface area contributed by atoms with Crippen molar-refractivity contribution in [2.24, 2.45) is 5.92 Å². The van der Waals surface area contributed by atoms with Gasteiger partial charge in [0.1, 0.15) is 6.04 Å². The second-order valence-corrected chi connectivity index (χ2v) is 5.07. The van der Waals surface area contributed by atoms with Gasteiger partial charge in [0.15, 0.2) is 0 Å². The lowest BCUT2D eigenvalue weighted by Crippen LogP contribution is -2.46. The summed E-state index contributed by atoms with van der Waals surface area (Å²) in [5.74, 6) is -0.528. The molecule has 1 heterocycles. The predicted octanol–water partition coefficient (Wildman–Crippen LogP) is 0.696. The SMILES string of the molecule is CC(C)C(C)NC(=O)CN1CCC[C@H]1C(=O)O. The molecule has 1 aliphatic heterocycles. The molecule has 1 amide bonds. The van der Waals surface area contributed by atoms with E-state index in [0.29, 0.717) is 18.9 Å². The number of carbonyl (C=O) groups is 2. The summed E-state index contributed by atoms with van der Waals surface area (Å²) in [4.78, 5) is 24.4. The first kappa shape index (κ1) is 14.0. The summed E-state index contributed by atoms with van der Waals surface area (Å²) in [5.41, 5.74) is 0. The zero-order valence-electron chi connectivity index (χ0n) is 10.8. The van der Waals surface area contributed by atoms with E-state index < -0.39 is 12.0 Å². The first-order valence-corrected chi connectivity index (χ1v) is 6.18. The van der Waals surface area contributed by atoms with Crippen LogP contribution >= 0.6 is 0 Å². The van der Waals surface area contributed by atoms with E-state index in [2.05, 4.69) is 5.32 Å². The molecule has 5 nitrogen and oxygen atoms in total. The Labute approximate surface area is 102 Å². The summed E-state index contributed by atoms with van der Waals surface area (Å²) in [7, 11) is 0. The third-order valence-electron chi connectivity index (χ3n) is 3.38. The molecule has 5 heteroatoms. The Bertz CT molecular complexity index is 291. The number of nitrogens with one attached hydrogen (secondary N) is 1. The van der Waals surface area contributed by atoms with Gasteiger partial charge in [0.05, 0.1) is 6.54 Å². The molecule has 0 aromatic heterocycles. The Balaban J connectivity index is 2.43. The lowest BCUT2D eigenvalue weighted by Gasteiger charge is -2.23. The number of nitrogens with zero attached hydrogens (tertiary/aromatic N) is 1. The van der Waals surface area contributed by atoms with Gasteiger partial charge in [-0.3, -0.25) is 14.5 Å². The quantitative estimate of drug-likeness (QED) is 0.744. The van der Waals surface area contributed by atoms with Gasteiger partial charge in [-0.2, -0.15) is 0 Å². The van der Waals surface area contributed by atoms with Gasteiger partial charge in [0.25, 0.3) is 0 Å². The summed E-state index contributed by atoms with van der Waals surface area (Å²) in [6.07, 6.45) is 1.49. The lowest BCUT2D eigenvalue weighted by atomic mass is 10.1. The van der Waals surface area contributed by atoms with Gasteiger partial charge in [0, 0.05) is 6.04 Å². The number of likely N-dealkylation sites (tertiary alicyclic amines) is 1. The molecule has 98 valence electrons. The number of carboxylic acids is 1. The lowest BCUT2D eigenvalue weighted by molar-refractivity contribution is -0.142. The maximum absolute atomic E-state index is 11.7. The number of rotatable bonds is 5. The van der Waals surface area contributed by atoms with E-state index in [0.717, 1.165) is 6.42 Å². The molecule has 2 N–H and O–H groups in total. The van der Waals surface area contributed by atoms with Crippen LogP contribution in [-0.4, -0.2) is 47.1 Å². The molecule has 1 rings (SSSR count). The Hall–Kier alpha value is -1.10. The van der Waals surface area contributed by atoms with E-state index in [-0.39, 0.29) is 18.5 Å². The van der Waals surface area contributed by atoms with Gasteiger partial charge in [-0.15, -0.1) is 0 Å². The highest BCUT2D eigenvalue weighted by Crippen LogP contribution is 2.16. The fraction of sp³-hybridized carbons (Fsp3) is 0.833. The molecule has 1 unspecified atom stereocenters. The Morgan fingerprint density at radius 2 is 2.06 bits per heavy atom. The van der Waals surface area contributed by atoms with Crippen LogP contribution in [0.4, 0.5) is 0 Å². The van der Waals surface area contributed by atoms with Gasteiger partial charge in [0.2, 0.25) is 5.91 Å². The Kier molecular flexibility index (Phi) is 4.93. The molecule has 0 aromatic carbocycles. The van der Waals surface area contributed by atoms with E-state index in [1.807, 2.05) is 20.8 Å². The van der Waals surface area contributed by atoms with Crippen LogP contribution in [0.25, 0.3) is 0 Å². The van der Waals surface area contributed by atoms with Crippen molar-refractivity contribution in [2.75, 3.05) is 13.1 Å². The fourth-order valence-electron chi connectivity index (χ4n) is 1.95.